The number of benzene rings is 1. The van der Waals surface area contributed by atoms with E-state index < -0.39 is 0 Å². The maximum Gasteiger partial charge on any atom is 0.166 e. The van der Waals surface area contributed by atoms with Crippen LogP contribution < -0.4 is 10.5 Å². The highest BCUT2D eigenvalue weighted by atomic mass is 79.9. The molecule has 0 saturated carbocycles. The highest BCUT2D eigenvalue weighted by Crippen LogP contribution is 2.36. The lowest BCUT2D eigenvalue weighted by molar-refractivity contribution is 0.227. The zero-order valence-electron chi connectivity index (χ0n) is 17.6. The van der Waals surface area contributed by atoms with Crippen molar-refractivity contribution in [2.75, 3.05) is 5.73 Å². The van der Waals surface area contributed by atoms with Crippen molar-refractivity contribution in [2.24, 2.45) is 0 Å². The first kappa shape index (κ1) is 19.8. The summed E-state index contributed by atoms with van der Waals surface area (Å²) >= 11 is 3.57. The summed E-state index contributed by atoms with van der Waals surface area (Å²) in [6, 6.07) is 10.3. The SMILES string of the molecule is CCn1ncc2c1-c1cnc(N)c(c1)OC(C)c1cc(C)ccc1-n1nc(Br)cc1C2. The second-order valence-electron chi connectivity index (χ2n) is 7.81. The molecule has 4 aromatic rings. The largest absolute Gasteiger partial charge is 0.482 e. The van der Waals surface area contributed by atoms with Gasteiger partial charge in [-0.05, 0) is 54.9 Å². The minimum atomic E-state index is -0.250. The number of nitrogens with zero attached hydrogens (tertiary/aromatic N) is 5. The van der Waals surface area contributed by atoms with Gasteiger partial charge < -0.3 is 10.5 Å². The molecule has 0 aliphatic carbocycles. The van der Waals surface area contributed by atoms with Crippen LogP contribution in [0.5, 0.6) is 5.75 Å². The summed E-state index contributed by atoms with van der Waals surface area (Å²) in [5, 5.41) is 9.35. The minimum absolute atomic E-state index is 0.250. The molecule has 5 rings (SSSR count). The van der Waals surface area contributed by atoms with Crippen molar-refractivity contribution in [3.63, 3.8) is 0 Å². The van der Waals surface area contributed by atoms with Gasteiger partial charge in [0.15, 0.2) is 11.6 Å². The molecule has 1 atom stereocenters. The normalized spacial score (nSPS) is 15.2. The van der Waals surface area contributed by atoms with Gasteiger partial charge in [0.1, 0.15) is 10.7 Å². The average Bonchev–Trinajstić information content (AvgIpc) is 3.32. The summed E-state index contributed by atoms with van der Waals surface area (Å²) in [4.78, 5) is 4.43. The van der Waals surface area contributed by atoms with Crippen LogP contribution in [-0.2, 0) is 13.0 Å². The first-order valence-corrected chi connectivity index (χ1v) is 11.1. The van der Waals surface area contributed by atoms with E-state index in [9.17, 15) is 0 Å². The fourth-order valence-electron chi connectivity index (χ4n) is 4.17. The Kier molecular flexibility index (Phi) is 4.81. The summed E-state index contributed by atoms with van der Waals surface area (Å²) in [5.41, 5.74) is 13.5. The van der Waals surface area contributed by atoms with Crippen LogP contribution >= 0.6 is 15.9 Å². The van der Waals surface area contributed by atoms with Gasteiger partial charge in [0.2, 0.25) is 0 Å². The van der Waals surface area contributed by atoms with Crippen molar-refractivity contribution in [3.05, 3.63) is 69.7 Å². The number of anilines is 1. The van der Waals surface area contributed by atoms with Gasteiger partial charge >= 0.3 is 0 Å². The third kappa shape index (κ3) is 3.40. The van der Waals surface area contributed by atoms with Gasteiger partial charge in [0, 0.05) is 41.5 Å². The number of halogens is 1. The molecule has 0 radical (unpaired) electrons. The third-order valence-corrected chi connectivity index (χ3v) is 6.04. The Labute approximate surface area is 189 Å². The summed E-state index contributed by atoms with van der Waals surface area (Å²) in [6.45, 7) is 6.92. The number of nitrogen functional groups attached to an aromatic ring is 1. The number of fused-ring (bicyclic) bond motifs is 7. The van der Waals surface area contributed by atoms with E-state index in [4.69, 9.17) is 15.6 Å². The lowest BCUT2D eigenvalue weighted by Crippen LogP contribution is -2.13. The van der Waals surface area contributed by atoms with Gasteiger partial charge in [0.25, 0.3) is 0 Å². The van der Waals surface area contributed by atoms with E-state index in [1.165, 1.54) is 0 Å². The van der Waals surface area contributed by atoms with E-state index >= 15 is 0 Å². The molecule has 8 heteroatoms. The Morgan fingerprint density at radius 1 is 1.23 bits per heavy atom. The molecule has 7 nitrogen and oxygen atoms in total. The predicted molar refractivity (Wildman–Crippen MR) is 123 cm³/mol. The zero-order valence-corrected chi connectivity index (χ0v) is 19.2. The number of pyridine rings is 1. The minimum Gasteiger partial charge on any atom is -0.482 e. The van der Waals surface area contributed by atoms with Crippen LogP contribution in [0.4, 0.5) is 5.82 Å². The van der Waals surface area contributed by atoms with Crippen LogP contribution in [0.25, 0.3) is 16.9 Å². The molecule has 31 heavy (non-hydrogen) atoms. The molecule has 1 aliphatic heterocycles. The van der Waals surface area contributed by atoms with Gasteiger partial charge in [-0.1, -0.05) is 17.7 Å². The molecule has 1 unspecified atom stereocenters. The summed E-state index contributed by atoms with van der Waals surface area (Å²) < 4.78 is 11.1. The molecule has 0 saturated heterocycles. The molecule has 0 amide bonds. The Balaban J connectivity index is 1.81. The Morgan fingerprint density at radius 2 is 2.06 bits per heavy atom. The molecular weight excluding hydrogens is 456 g/mol. The predicted octanol–water partition coefficient (Wildman–Crippen LogP) is 4.85. The highest BCUT2D eigenvalue weighted by molar-refractivity contribution is 9.10. The van der Waals surface area contributed by atoms with Crippen molar-refractivity contribution in [2.45, 2.75) is 39.8 Å². The molecular formula is C23H23BrN6O. The van der Waals surface area contributed by atoms with Gasteiger partial charge in [-0.15, -0.1) is 0 Å². The van der Waals surface area contributed by atoms with Crippen LogP contribution in [0.15, 0.2) is 47.3 Å². The monoisotopic (exact) mass is 478 g/mol. The Bertz CT molecular complexity index is 1290. The number of hydrogen-bond acceptors (Lipinski definition) is 5. The lowest BCUT2D eigenvalue weighted by Gasteiger charge is -2.22. The van der Waals surface area contributed by atoms with Gasteiger partial charge in [-0.2, -0.15) is 10.2 Å². The van der Waals surface area contributed by atoms with Crippen molar-refractivity contribution >= 4 is 21.7 Å². The molecule has 0 spiro atoms. The van der Waals surface area contributed by atoms with Crippen LogP contribution in [-0.4, -0.2) is 24.5 Å². The van der Waals surface area contributed by atoms with Crippen molar-refractivity contribution in [3.8, 4) is 22.7 Å². The van der Waals surface area contributed by atoms with Crippen LogP contribution in [0.2, 0.25) is 0 Å². The van der Waals surface area contributed by atoms with Crippen molar-refractivity contribution in [1.29, 1.82) is 0 Å². The van der Waals surface area contributed by atoms with Crippen LogP contribution in [0, 0.1) is 6.92 Å². The number of hydrogen-bond donors (Lipinski definition) is 1. The average molecular weight is 479 g/mol. The van der Waals surface area contributed by atoms with Gasteiger partial charge in [-0.25, -0.2) is 9.67 Å². The van der Waals surface area contributed by atoms with Gasteiger partial charge in [0.05, 0.1) is 17.6 Å². The highest BCUT2D eigenvalue weighted by Gasteiger charge is 2.23. The van der Waals surface area contributed by atoms with E-state index in [2.05, 4.69) is 64.1 Å². The number of rotatable bonds is 1. The third-order valence-electron chi connectivity index (χ3n) is 5.65. The maximum absolute atomic E-state index is 6.36. The topological polar surface area (TPSA) is 83.8 Å². The Hall–Kier alpha value is -3.13. The lowest BCUT2D eigenvalue weighted by atomic mass is 10.0. The van der Waals surface area contributed by atoms with E-state index in [1.807, 2.05) is 28.6 Å². The molecule has 2 N–H and O–H groups in total. The summed E-state index contributed by atoms with van der Waals surface area (Å²) in [5.74, 6) is 0.934. The van der Waals surface area contributed by atoms with Crippen LogP contribution in [0.1, 0.15) is 42.3 Å². The molecule has 1 aromatic carbocycles. The summed E-state index contributed by atoms with van der Waals surface area (Å²) in [6.07, 6.45) is 4.14. The van der Waals surface area contributed by atoms with Crippen LogP contribution in [0.3, 0.4) is 0 Å². The van der Waals surface area contributed by atoms with Gasteiger partial charge in [-0.3, -0.25) is 4.68 Å². The first-order chi connectivity index (χ1) is 14.9. The fraction of sp³-hybridized carbons (Fsp3) is 0.261. The summed E-state index contributed by atoms with van der Waals surface area (Å²) in [7, 11) is 0. The molecule has 4 heterocycles. The maximum atomic E-state index is 6.36. The number of aromatic nitrogens is 5. The number of ether oxygens (including phenoxy) is 1. The van der Waals surface area contributed by atoms with E-state index in [1.54, 1.807) is 6.20 Å². The number of nitrogens with two attached hydrogens (primary N) is 1. The Morgan fingerprint density at radius 3 is 2.87 bits per heavy atom. The second kappa shape index (κ2) is 7.53. The fourth-order valence-corrected chi connectivity index (χ4v) is 4.59. The van der Waals surface area contributed by atoms with Crippen molar-refractivity contribution in [1.82, 2.24) is 24.5 Å². The molecule has 3 aromatic heterocycles. The molecule has 158 valence electrons. The quantitative estimate of drug-likeness (QED) is 0.422. The molecule has 2 bridgehead atoms. The smallest absolute Gasteiger partial charge is 0.166 e. The molecule has 1 aliphatic rings. The number of aryl methyl sites for hydroxylation is 2. The first-order valence-electron chi connectivity index (χ1n) is 10.3. The van der Waals surface area contributed by atoms with E-state index in [0.29, 0.717) is 18.0 Å². The van der Waals surface area contributed by atoms with E-state index in [0.717, 1.165) is 50.5 Å². The molecule has 0 fully saturated rings. The van der Waals surface area contributed by atoms with Crippen molar-refractivity contribution < 1.29 is 4.74 Å². The zero-order chi connectivity index (χ0) is 21.7. The van der Waals surface area contributed by atoms with E-state index in [-0.39, 0.29) is 6.10 Å². The standard InChI is InChI=1S/C23H23BrN6O/c1-4-29-22-15(12-27-29)8-17-10-21(24)28-30(17)19-6-5-13(2)7-18(19)14(3)31-20-9-16(22)11-26-23(20)25/h5-7,9-12,14H,4,8H2,1-3H3,(H2,25,26). The second-order valence-corrected chi connectivity index (χ2v) is 8.62.